The van der Waals surface area contributed by atoms with E-state index in [1.54, 1.807) is 0 Å². The average molecular weight is 227 g/mol. The summed E-state index contributed by atoms with van der Waals surface area (Å²) in [5.74, 6) is 0.806. The van der Waals surface area contributed by atoms with Gasteiger partial charge in [0.15, 0.2) is 0 Å². The van der Waals surface area contributed by atoms with Gasteiger partial charge in [-0.1, -0.05) is 6.42 Å². The molecule has 0 radical (unpaired) electrons. The fourth-order valence-electron chi connectivity index (χ4n) is 2.92. The Hall–Kier alpha value is -0.120. The van der Waals surface area contributed by atoms with Crippen LogP contribution in [0.15, 0.2) is 0 Å². The molecule has 0 unspecified atom stereocenters. The first kappa shape index (κ1) is 12.3. The van der Waals surface area contributed by atoms with E-state index in [1.165, 1.54) is 32.1 Å². The normalized spacial score (nSPS) is 25.3. The first-order chi connectivity index (χ1) is 7.85. The first-order valence-electron chi connectivity index (χ1n) is 6.74. The van der Waals surface area contributed by atoms with Crippen LogP contribution in [0.25, 0.3) is 0 Å². The minimum absolute atomic E-state index is 0.346. The molecular weight excluding hydrogens is 202 g/mol. The lowest BCUT2D eigenvalue weighted by atomic mass is 9.66. The standard InChI is InChI=1S/C13H25NO2/c15-7-6-13(4-1-5-13)11-14-10-12-2-8-16-9-3-12/h12,14-15H,1-11H2. The van der Waals surface area contributed by atoms with E-state index in [0.717, 1.165) is 38.6 Å². The summed E-state index contributed by atoms with van der Waals surface area (Å²) in [6.07, 6.45) is 7.34. The number of ether oxygens (including phenoxy) is 1. The van der Waals surface area contributed by atoms with Gasteiger partial charge in [0, 0.05) is 26.4 Å². The maximum Gasteiger partial charge on any atom is 0.0469 e. The summed E-state index contributed by atoms with van der Waals surface area (Å²) in [5.41, 5.74) is 0.430. The predicted octanol–water partition coefficient (Wildman–Crippen LogP) is 1.56. The molecule has 94 valence electrons. The number of hydrogen-bond acceptors (Lipinski definition) is 3. The third kappa shape index (κ3) is 3.19. The highest BCUT2D eigenvalue weighted by molar-refractivity contribution is 4.89. The maximum absolute atomic E-state index is 9.07. The monoisotopic (exact) mass is 227 g/mol. The zero-order valence-corrected chi connectivity index (χ0v) is 10.2. The highest BCUT2D eigenvalue weighted by Crippen LogP contribution is 2.43. The second kappa shape index (κ2) is 5.99. The molecule has 0 bridgehead atoms. The molecule has 0 aromatic heterocycles. The molecule has 2 rings (SSSR count). The molecular formula is C13H25NO2. The Morgan fingerprint density at radius 3 is 2.56 bits per heavy atom. The molecule has 3 heteroatoms. The van der Waals surface area contributed by atoms with Gasteiger partial charge in [-0.05, 0) is 50.0 Å². The van der Waals surface area contributed by atoms with E-state index >= 15 is 0 Å². The van der Waals surface area contributed by atoms with Crippen LogP contribution >= 0.6 is 0 Å². The van der Waals surface area contributed by atoms with Crippen molar-refractivity contribution in [2.45, 2.75) is 38.5 Å². The van der Waals surface area contributed by atoms with Crippen LogP contribution in [0.1, 0.15) is 38.5 Å². The molecule has 0 aromatic rings. The lowest BCUT2D eigenvalue weighted by Gasteiger charge is -2.42. The van der Waals surface area contributed by atoms with E-state index in [-0.39, 0.29) is 0 Å². The van der Waals surface area contributed by atoms with Crippen molar-refractivity contribution in [2.24, 2.45) is 11.3 Å². The summed E-state index contributed by atoms with van der Waals surface area (Å²) in [5, 5.41) is 12.7. The van der Waals surface area contributed by atoms with Crippen LogP contribution in [0.4, 0.5) is 0 Å². The molecule has 0 atom stereocenters. The smallest absolute Gasteiger partial charge is 0.0469 e. The summed E-state index contributed by atoms with van der Waals surface area (Å²) < 4.78 is 5.36. The summed E-state index contributed by atoms with van der Waals surface area (Å²) >= 11 is 0. The van der Waals surface area contributed by atoms with Gasteiger partial charge in [0.25, 0.3) is 0 Å². The molecule has 2 aliphatic rings. The summed E-state index contributed by atoms with van der Waals surface area (Å²) in [7, 11) is 0. The van der Waals surface area contributed by atoms with Crippen LogP contribution in [-0.4, -0.2) is 38.0 Å². The van der Waals surface area contributed by atoms with Gasteiger partial charge in [-0.3, -0.25) is 0 Å². The SMILES string of the molecule is OCCC1(CNCC2CCOCC2)CCC1. The third-order valence-electron chi connectivity index (χ3n) is 4.33. The van der Waals surface area contributed by atoms with Crippen LogP contribution in [-0.2, 0) is 4.74 Å². The van der Waals surface area contributed by atoms with E-state index in [4.69, 9.17) is 9.84 Å². The van der Waals surface area contributed by atoms with Gasteiger partial charge in [0.05, 0.1) is 0 Å². The van der Waals surface area contributed by atoms with Gasteiger partial charge in [0.2, 0.25) is 0 Å². The highest BCUT2D eigenvalue weighted by atomic mass is 16.5. The molecule has 0 aromatic carbocycles. The average Bonchev–Trinajstić information content (AvgIpc) is 2.27. The summed E-state index contributed by atoms with van der Waals surface area (Å²) in [4.78, 5) is 0. The number of nitrogens with one attached hydrogen (secondary N) is 1. The second-order valence-corrected chi connectivity index (χ2v) is 5.51. The van der Waals surface area contributed by atoms with Crippen molar-refractivity contribution in [1.82, 2.24) is 5.32 Å². The maximum atomic E-state index is 9.07. The second-order valence-electron chi connectivity index (χ2n) is 5.51. The number of rotatable bonds is 6. The molecule has 1 heterocycles. The fraction of sp³-hybridized carbons (Fsp3) is 1.00. The number of aliphatic hydroxyl groups is 1. The summed E-state index contributed by atoms with van der Waals surface area (Å²) in [6, 6.07) is 0. The van der Waals surface area contributed by atoms with Crippen molar-refractivity contribution in [1.29, 1.82) is 0 Å². The Labute approximate surface area is 98.6 Å². The Balaban J connectivity index is 1.62. The molecule has 2 fully saturated rings. The third-order valence-corrected chi connectivity index (χ3v) is 4.33. The van der Waals surface area contributed by atoms with E-state index in [2.05, 4.69) is 5.32 Å². The Kier molecular flexibility index (Phi) is 4.62. The van der Waals surface area contributed by atoms with Crippen molar-refractivity contribution >= 4 is 0 Å². The van der Waals surface area contributed by atoms with Gasteiger partial charge in [-0.25, -0.2) is 0 Å². The molecule has 16 heavy (non-hydrogen) atoms. The van der Waals surface area contributed by atoms with Crippen LogP contribution < -0.4 is 5.32 Å². The van der Waals surface area contributed by atoms with Crippen LogP contribution in [0.3, 0.4) is 0 Å². The molecule has 1 saturated heterocycles. The van der Waals surface area contributed by atoms with Crippen LogP contribution in [0.5, 0.6) is 0 Å². The lowest BCUT2D eigenvalue weighted by molar-refractivity contribution is 0.0586. The molecule has 1 aliphatic heterocycles. The zero-order chi connectivity index (χ0) is 11.3. The van der Waals surface area contributed by atoms with Crippen molar-refractivity contribution in [2.75, 3.05) is 32.9 Å². The van der Waals surface area contributed by atoms with E-state index in [9.17, 15) is 0 Å². The molecule has 1 saturated carbocycles. The summed E-state index contributed by atoms with van der Waals surface area (Å²) in [6.45, 7) is 4.46. The Bertz CT molecular complexity index is 198. The largest absolute Gasteiger partial charge is 0.396 e. The Morgan fingerprint density at radius 2 is 2.00 bits per heavy atom. The molecule has 0 spiro atoms. The Morgan fingerprint density at radius 1 is 1.25 bits per heavy atom. The first-order valence-corrected chi connectivity index (χ1v) is 6.74. The van der Waals surface area contributed by atoms with E-state index < -0.39 is 0 Å². The number of hydrogen-bond donors (Lipinski definition) is 2. The molecule has 2 N–H and O–H groups in total. The van der Waals surface area contributed by atoms with Crippen LogP contribution in [0.2, 0.25) is 0 Å². The number of aliphatic hydroxyl groups excluding tert-OH is 1. The molecule has 3 nitrogen and oxygen atoms in total. The van der Waals surface area contributed by atoms with Crippen molar-refractivity contribution in [3.63, 3.8) is 0 Å². The van der Waals surface area contributed by atoms with E-state index in [0.29, 0.717) is 12.0 Å². The minimum Gasteiger partial charge on any atom is -0.396 e. The van der Waals surface area contributed by atoms with Crippen molar-refractivity contribution in [3.05, 3.63) is 0 Å². The van der Waals surface area contributed by atoms with Crippen molar-refractivity contribution in [3.8, 4) is 0 Å². The lowest BCUT2D eigenvalue weighted by Crippen LogP contribution is -2.42. The van der Waals surface area contributed by atoms with Gasteiger partial charge in [-0.2, -0.15) is 0 Å². The fourth-order valence-corrected chi connectivity index (χ4v) is 2.92. The van der Waals surface area contributed by atoms with Gasteiger partial charge in [0.1, 0.15) is 0 Å². The van der Waals surface area contributed by atoms with Gasteiger partial charge in [-0.15, -0.1) is 0 Å². The molecule has 1 aliphatic carbocycles. The highest BCUT2D eigenvalue weighted by Gasteiger charge is 2.35. The van der Waals surface area contributed by atoms with Gasteiger partial charge < -0.3 is 15.2 Å². The van der Waals surface area contributed by atoms with Crippen LogP contribution in [0, 0.1) is 11.3 Å². The zero-order valence-electron chi connectivity index (χ0n) is 10.2. The quantitative estimate of drug-likeness (QED) is 0.723. The van der Waals surface area contributed by atoms with E-state index in [1.807, 2.05) is 0 Å². The topological polar surface area (TPSA) is 41.5 Å². The molecule has 0 amide bonds. The predicted molar refractivity (Wildman–Crippen MR) is 64.4 cm³/mol. The van der Waals surface area contributed by atoms with Crippen molar-refractivity contribution < 1.29 is 9.84 Å². The minimum atomic E-state index is 0.346. The van der Waals surface area contributed by atoms with Gasteiger partial charge >= 0.3 is 0 Å².